The first-order valence-corrected chi connectivity index (χ1v) is 9.69. The van der Waals surface area contributed by atoms with Crippen molar-refractivity contribution >= 4 is 34.0 Å². The predicted octanol–water partition coefficient (Wildman–Crippen LogP) is 3.78. The highest BCUT2D eigenvalue weighted by Gasteiger charge is 2.32. The molecule has 0 radical (unpaired) electrons. The molecule has 1 unspecified atom stereocenters. The molecule has 0 saturated heterocycles. The number of carbonyl (C=O) groups excluding carboxylic acids is 2. The second kappa shape index (κ2) is 6.61. The minimum absolute atomic E-state index is 0.347. The van der Waals surface area contributed by atoms with E-state index in [4.69, 9.17) is 4.74 Å². The van der Waals surface area contributed by atoms with Crippen LogP contribution in [0, 0.1) is 0 Å². The number of rotatable bonds is 3. The molecule has 0 fully saturated rings. The van der Waals surface area contributed by atoms with E-state index in [1.165, 1.54) is 11.3 Å². The van der Waals surface area contributed by atoms with Gasteiger partial charge in [0.15, 0.2) is 11.1 Å². The fourth-order valence-corrected chi connectivity index (χ4v) is 4.09. The summed E-state index contributed by atoms with van der Waals surface area (Å²) in [5.41, 5.74) is 2.92. The summed E-state index contributed by atoms with van der Waals surface area (Å²) in [7, 11) is 0. The van der Waals surface area contributed by atoms with Crippen molar-refractivity contribution in [2.24, 2.45) is 0 Å². The summed E-state index contributed by atoms with van der Waals surface area (Å²) >= 11 is 1.49. The summed E-state index contributed by atoms with van der Waals surface area (Å²) in [6, 6.07) is 16.9. The SMILES string of the molecule is O=C1OC(C(=O)Nc2c(-c3ccccc3)nc3sccn23)Cc2ccccc21. The summed E-state index contributed by atoms with van der Waals surface area (Å²) in [6.07, 6.45) is 1.33. The molecule has 2 aromatic carbocycles. The third-order valence-electron chi connectivity index (χ3n) is 4.74. The molecule has 138 valence electrons. The largest absolute Gasteiger partial charge is 0.448 e. The van der Waals surface area contributed by atoms with E-state index in [9.17, 15) is 9.59 Å². The molecular weight excluding hydrogens is 374 g/mol. The van der Waals surface area contributed by atoms with Gasteiger partial charge >= 0.3 is 5.97 Å². The summed E-state index contributed by atoms with van der Waals surface area (Å²) in [4.78, 5) is 30.6. The highest BCUT2D eigenvalue weighted by Crippen LogP contribution is 2.31. The van der Waals surface area contributed by atoms with Crippen molar-refractivity contribution in [2.75, 3.05) is 5.32 Å². The quantitative estimate of drug-likeness (QED) is 0.541. The molecule has 1 N–H and O–H groups in total. The van der Waals surface area contributed by atoms with E-state index in [0.29, 0.717) is 23.5 Å². The van der Waals surface area contributed by atoms with Crippen LogP contribution in [0.4, 0.5) is 5.82 Å². The second-order valence-corrected chi connectivity index (χ2v) is 7.35. The highest BCUT2D eigenvalue weighted by atomic mass is 32.1. The van der Waals surface area contributed by atoms with Crippen molar-refractivity contribution in [3.05, 3.63) is 77.3 Å². The van der Waals surface area contributed by atoms with Crippen LogP contribution in [0.5, 0.6) is 0 Å². The third kappa shape index (κ3) is 2.76. The molecule has 0 aliphatic carbocycles. The predicted molar refractivity (Wildman–Crippen MR) is 106 cm³/mol. The lowest BCUT2D eigenvalue weighted by Gasteiger charge is -2.23. The van der Waals surface area contributed by atoms with Gasteiger partial charge in [0.2, 0.25) is 0 Å². The number of hydrogen-bond donors (Lipinski definition) is 1. The van der Waals surface area contributed by atoms with Gasteiger partial charge in [0, 0.05) is 23.6 Å². The minimum atomic E-state index is -0.879. The fraction of sp³-hybridized carbons (Fsp3) is 0.0952. The lowest BCUT2D eigenvalue weighted by atomic mass is 9.98. The van der Waals surface area contributed by atoms with E-state index in [-0.39, 0.29) is 5.91 Å². The molecule has 5 rings (SSSR count). The van der Waals surface area contributed by atoms with Crippen LogP contribution in [-0.4, -0.2) is 27.4 Å². The molecule has 1 aliphatic heterocycles. The van der Waals surface area contributed by atoms with E-state index < -0.39 is 12.1 Å². The third-order valence-corrected chi connectivity index (χ3v) is 5.49. The van der Waals surface area contributed by atoms with Gasteiger partial charge in [-0.25, -0.2) is 9.78 Å². The summed E-state index contributed by atoms with van der Waals surface area (Å²) in [5.74, 6) is -0.269. The van der Waals surface area contributed by atoms with Gasteiger partial charge in [-0.05, 0) is 11.6 Å². The van der Waals surface area contributed by atoms with E-state index >= 15 is 0 Å². The number of carbonyl (C=O) groups is 2. The van der Waals surface area contributed by atoms with Crippen molar-refractivity contribution in [1.82, 2.24) is 9.38 Å². The van der Waals surface area contributed by atoms with Crippen LogP contribution in [0.15, 0.2) is 66.2 Å². The molecule has 3 heterocycles. The van der Waals surface area contributed by atoms with Gasteiger partial charge < -0.3 is 10.1 Å². The van der Waals surface area contributed by atoms with E-state index in [1.54, 1.807) is 12.1 Å². The molecule has 6 nitrogen and oxygen atoms in total. The number of amides is 1. The maximum Gasteiger partial charge on any atom is 0.339 e. The Morgan fingerprint density at radius 2 is 1.93 bits per heavy atom. The van der Waals surface area contributed by atoms with Crippen LogP contribution in [0.3, 0.4) is 0 Å². The lowest BCUT2D eigenvalue weighted by molar-refractivity contribution is -0.125. The van der Waals surface area contributed by atoms with Gasteiger partial charge in [-0.1, -0.05) is 48.5 Å². The van der Waals surface area contributed by atoms with E-state index in [2.05, 4.69) is 10.3 Å². The molecule has 1 amide bonds. The molecule has 0 spiro atoms. The topological polar surface area (TPSA) is 72.7 Å². The molecule has 0 saturated carbocycles. The van der Waals surface area contributed by atoms with Crippen molar-refractivity contribution in [1.29, 1.82) is 0 Å². The Morgan fingerprint density at radius 1 is 1.14 bits per heavy atom. The van der Waals surface area contributed by atoms with Gasteiger partial charge in [-0.3, -0.25) is 9.20 Å². The number of benzene rings is 2. The molecule has 2 aromatic heterocycles. The molecule has 0 bridgehead atoms. The van der Waals surface area contributed by atoms with Crippen LogP contribution < -0.4 is 5.32 Å². The number of nitrogens with one attached hydrogen (secondary N) is 1. The number of fused-ring (bicyclic) bond motifs is 2. The van der Waals surface area contributed by atoms with Crippen LogP contribution >= 0.6 is 11.3 Å². The van der Waals surface area contributed by atoms with Crippen LogP contribution in [-0.2, 0) is 16.0 Å². The monoisotopic (exact) mass is 389 g/mol. The number of aromatic nitrogens is 2. The number of imidazole rings is 1. The Kier molecular flexibility index (Phi) is 3.95. The fourth-order valence-electron chi connectivity index (χ4n) is 3.38. The highest BCUT2D eigenvalue weighted by molar-refractivity contribution is 7.15. The van der Waals surface area contributed by atoms with Gasteiger partial charge in [-0.15, -0.1) is 11.3 Å². The Hall–Kier alpha value is -3.45. The van der Waals surface area contributed by atoms with Gasteiger partial charge in [0.05, 0.1) is 5.56 Å². The maximum atomic E-state index is 12.9. The first-order valence-electron chi connectivity index (χ1n) is 8.81. The van der Waals surface area contributed by atoms with Crippen LogP contribution in [0.25, 0.3) is 16.2 Å². The summed E-state index contributed by atoms with van der Waals surface area (Å²) in [6.45, 7) is 0. The summed E-state index contributed by atoms with van der Waals surface area (Å²) < 4.78 is 7.22. The summed E-state index contributed by atoms with van der Waals surface area (Å²) in [5, 5.41) is 4.84. The Labute approximate surface area is 164 Å². The van der Waals surface area contributed by atoms with Crippen molar-refractivity contribution in [2.45, 2.75) is 12.5 Å². The van der Waals surface area contributed by atoms with Crippen LogP contribution in [0.2, 0.25) is 0 Å². The van der Waals surface area contributed by atoms with E-state index in [0.717, 1.165) is 16.1 Å². The number of hydrogen-bond acceptors (Lipinski definition) is 5. The number of cyclic esters (lactones) is 1. The maximum absolute atomic E-state index is 12.9. The molecule has 7 heteroatoms. The van der Waals surface area contributed by atoms with Crippen molar-refractivity contribution < 1.29 is 14.3 Å². The van der Waals surface area contributed by atoms with Gasteiger partial charge in [0.25, 0.3) is 5.91 Å². The number of esters is 1. The average Bonchev–Trinajstić information content (AvgIpc) is 3.31. The first kappa shape index (κ1) is 16.7. The standard InChI is InChI=1S/C21H15N3O3S/c25-19(16-12-14-8-4-5-9-15(14)20(26)27-16)23-18-17(13-6-2-1-3-7-13)22-21-24(18)10-11-28-21/h1-11,16H,12H2,(H,23,25). The molecule has 4 aromatic rings. The number of anilines is 1. The zero-order valence-electron chi connectivity index (χ0n) is 14.7. The molecule has 1 aliphatic rings. The molecular formula is C21H15N3O3S. The lowest BCUT2D eigenvalue weighted by Crippen LogP contribution is -2.38. The smallest absolute Gasteiger partial charge is 0.339 e. The number of ether oxygens (including phenoxy) is 1. The number of nitrogens with zero attached hydrogens (tertiary/aromatic N) is 2. The first-order chi connectivity index (χ1) is 13.7. The van der Waals surface area contributed by atoms with Gasteiger partial charge in [0.1, 0.15) is 11.5 Å². The van der Waals surface area contributed by atoms with Gasteiger partial charge in [-0.2, -0.15) is 0 Å². The zero-order valence-corrected chi connectivity index (χ0v) is 15.5. The molecule has 28 heavy (non-hydrogen) atoms. The van der Waals surface area contributed by atoms with E-state index in [1.807, 2.05) is 58.4 Å². The molecule has 1 atom stereocenters. The normalized spacial score (nSPS) is 15.9. The second-order valence-electron chi connectivity index (χ2n) is 6.48. The average molecular weight is 389 g/mol. The Morgan fingerprint density at radius 3 is 2.79 bits per heavy atom. The van der Waals surface area contributed by atoms with Crippen LogP contribution in [0.1, 0.15) is 15.9 Å². The van der Waals surface area contributed by atoms with Crippen molar-refractivity contribution in [3.63, 3.8) is 0 Å². The van der Waals surface area contributed by atoms with Crippen molar-refractivity contribution in [3.8, 4) is 11.3 Å². The Bertz CT molecular complexity index is 1200. The number of thiazole rings is 1. The minimum Gasteiger partial charge on any atom is -0.448 e. The Balaban J connectivity index is 1.48. The zero-order chi connectivity index (χ0) is 19.1.